The number of hydrogen-bond donors (Lipinski definition) is 0. The summed E-state index contributed by atoms with van der Waals surface area (Å²) in [5.74, 6) is 0. The van der Waals surface area contributed by atoms with Gasteiger partial charge in [0, 0.05) is 36.9 Å². The van der Waals surface area contributed by atoms with E-state index in [4.69, 9.17) is 11.6 Å². The van der Waals surface area contributed by atoms with Gasteiger partial charge in [-0.25, -0.2) is 0 Å². The van der Waals surface area contributed by atoms with E-state index in [0.717, 1.165) is 5.69 Å². The molecule has 1 aromatic carbocycles. The van der Waals surface area contributed by atoms with Crippen molar-refractivity contribution in [3.05, 3.63) is 29.3 Å². The summed E-state index contributed by atoms with van der Waals surface area (Å²) in [6.07, 6.45) is -0.755. The van der Waals surface area contributed by atoms with Crippen LogP contribution in [0.15, 0.2) is 24.3 Å². The van der Waals surface area contributed by atoms with Crippen LogP contribution in [0.1, 0.15) is 0 Å². The third-order valence-electron chi connectivity index (χ3n) is 3.03. The summed E-state index contributed by atoms with van der Waals surface area (Å²) < 4.78 is 36.9. The first-order chi connectivity index (χ1) is 8.44. The van der Waals surface area contributed by atoms with Crippen molar-refractivity contribution in [3.63, 3.8) is 0 Å². The molecule has 1 aliphatic rings. The van der Waals surface area contributed by atoms with Crippen LogP contribution in [0, 0.1) is 0 Å². The van der Waals surface area contributed by atoms with Crippen molar-refractivity contribution in [1.29, 1.82) is 0 Å². The molecule has 1 heterocycles. The van der Waals surface area contributed by atoms with E-state index in [1.807, 2.05) is 12.1 Å². The van der Waals surface area contributed by atoms with E-state index in [1.54, 1.807) is 12.1 Å². The Morgan fingerprint density at radius 2 is 1.56 bits per heavy atom. The standard InChI is InChI=1S/C11H14BClF3N2/c13-10-1-3-11(4-2-10)18-7-5-17(6-8-18)9-12(14,15)16/h1-4H,5-9H2/q-1. The van der Waals surface area contributed by atoms with Crippen LogP contribution < -0.4 is 4.90 Å². The van der Waals surface area contributed by atoms with Gasteiger partial charge in [-0.2, -0.15) is 0 Å². The zero-order chi connectivity index (χ0) is 13.2. The Labute approximate surface area is 109 Å². The Bertz CT molecular complexity index is 388. The molecule has 0 aromatic heterocycles. The quantitative estimate of drug-likeness (QED) is 0.784. The lowest BCUT2D eigenvalue weighted by molar-refractivity contribution is 0.263. The maximum absolute atomic E-state index is 12.3. The molecular formula is C11H14BClF3N2-. The minimum atomic E-state index is -4.72. The zero-order valence-electron chi connectivity index (χ0n) is 9.83. The number of nitrogens with zero attached hydrogens (tertiary/aromatic N) is 2. The number of piperazine rings is 1. The van der Waals surface area contributed by atoms with E-state index >= 15 is 0 Å². The first-order valence-corrected chi connectivity index (χ1v) is 6.26. The van der Waals surface area contributed by atoms with Gasteiger partial charge < -0.3 is 22.7 Å². The Hall–Kier alpha value is -0.875. The van der Waals surface area contributed by atoms with Crippen LogP contribution in [0.4, 0.5) is 18.6 Å². The molecule has 0 bridgehead atoms. The third kappa shape index (κ3) is 3.81. The van der Waals surface area contributed by atoms with E-state index in [2.05, 4.69) is 4.90 Å². The minimum absolute atomic E-state index is 0.448. The highest BCUT2D eigenvalue weighted by molar-refractivity contribution is 6.58. The topological polar surface area (TPSA) is 6.48 Å². The summed E-state index contributed by atoms with van der Waals surface area (Å²) in [4.78, 5) is 3.54. The van der Waals surface area contributed by atoms with Gasteiger partial charge in [0.25, 0.3) is 0 Å². The molecule has 1 aromatic rings. The molecule has 1 fully saturated rings. The molecule has 1 saturated heterocycles. The molecular weight excluding hydrogens is 263 g/mol. The summed E-state index contributed by atoms with van der Waals surface area (Å²) >= 11 is 5.80. The first kappa shape index (κ1) is 13.6. The van der Waals surface area contributed by atoms with Crippen molar-refractivity contribution in [2.75, 3.05) is 37.5 Å². The summed E-state index contributed by atoms with van der Waals surface area (Å²) in [5.41, 5.74) is 1.01. The highest BCUT2D eigenvalue weighted by Gasteiger charge is 2.28. The second-order valence-corrected chi connectivity index (χ2v) is 4.91. The highest BCUT2D eigenvalue weighted by Crippen LogP contribution is 2.20. The van der Waals surface area contributed by atoms with Crippen LogP contribution in [0.5, 0.6) is 0 Å². The van der Waals surface area contributed by atoms with Crippen LogP contribution in [-0.4, -0.2) is 44.5 Å². The predicted octanol–water partition coefficient (Wildman–Crippen LogP) is 2.85. The first-order valence-electron chi connectivity index (χ1n) is 5.88. The average molecular weight is 278 g/mol. The van der Waals surface area contributed by atoms with Gasteiger partial charge in [0.15, 0.2) is 0 Å². The van der Waals surface area contributed by atoms with Gasteiger partial charge in [0.2, 0.25) is 0 Å². The zero-order valence-corrected chi connectivity index (χ0v) is 10.6. The van der Waals surface area contributed by atoms with E-state index < -0.39 is 13.4 Å². The van der Waals surface area contributed by atoms with Crippen molar-refractivity contribution < 1.29 is 12.9 Å². The fourth-order valence-corrected chi connectivity index (χ4v) is 2.26. The fourth-order valence-electron chi connectivity index (χ4n) is 2.13. The molecule has 1 aliphatic heterocycles. The molecule has 0 unspecified atom stereocenters. The second-order valence-electron chi connectivity index (χ2n) is 4.47. The largest absolute Gasteiger partial charge is 0.492 e. The van der Waals surface area contributed by atoms with Crippen LogP contribution in [0.2, 0.25) is 5.02 Å². The van der Waals surface area contributed by atoms with Crippen LogP contribution >= 0.6 is 11.6 Å². The number of benzene rings is 1. The summed E-state index contributed by atoms with van der Waals surface area (Å²) in [6, 6.07) is 7.38. The molecule has 7 heteroatoms. The Morgan fingerprint density at radius 1 is 1.00 bits per heavy atom. The Balaban J connectivity index is 1.88. The highest BCUT2D eigenvalue weighted by atomic mass is 35.5. The van der Waals surface area contributed by atoms with Crippen LogP contribution in [0.3, 0.4) is 0 Å². The van der Waals surface area contributed by atoms with Crippen LogP contribution in [-0.2, 0) is 0 Å². The normalized spacial score (nSPS) is 18.1. The van der Waals surface area contributed by atoms with Gasteiger partial charge in [-0.05, 0) is 30.7 Å². The van der Waals surface area contributed by atoms with E-state index in [1.165, 1.54) is 4.90 Å². The molecule has 2 nitrogen and oxygen atoms in total. The molecule has 18 heavy (non-hydrogen) atoms. The molecule has 0 amide bonds. The van der Waals surface area contributed by atoms with Gasteiger partial charge in [-0.1, -0.05) is 11.6 Å². The number of hydrogen-bond acceptors (Lipinski definition) is 2. The van der Waals surface area contributed by atoms with E-state index in [0.29, 0.717) is 31.2 Å². The maximum atomic E-state index is 12.3. The Kier molecular flexibility index (Phi) is 4.07. The lowest BCUT2D eigenvalue weighted by Gasteiger charge is -2.38. The predicted molar refractivity (Wildman–Crippen MR) is 69.2 cm³/mol. The summed E-state index contributed by atoms with van der Waals surface area (Å²) in [7, 11) is 0. The number of anilines is 1. The van der Waals surface area contributed by atoms with Gasteiger partial charge in [0.05, 0.1) is 0 Å². The summed E-state index contributed by atoms with van der Waals surface area (Å²) in [5, 5.41) is 0.664. The van der Waals surface area contributed by atoms with E-state index in [-0.39, 0.29) is 0 Å². The fraction of sp³-hybridized carbons (Fsp3) is 0.455. The van der Waals surface area contributed by atoms with Crippen molar-refractivity contribution in [2.45, 2.75) is 0 Å². The molecule has 0 spiro atoms. The SMILES string of the molecule is F[B-](F)(F)CN1CCN(c2ccc(Cl)cc2)CC1. The minimum Gasteiger partial charge on any atom is -0.448 e. The van der Waals surface area contributed by atoms with Crippen molar-refractivity contribution in [3.8, 4) is 0 Å². The lowest BCUT2D eigenvalue weighted by atomic mass is 9.91. The smallest absolute Gasteiger partial charge is 0.448 e. The molecule has 0 aliphatic carbocycles. The van der Waals surface area contributed by atoms with Gasteiger partial charge in [0.1, 0.15) is 0 Å². The summed E-state index contributed by atoms with van der Waals surface area (Å²) in [6.45, 7) is -2.58. The third-order valence-corrected chi connectivity index (χ3v) is 3.28. The maximum Gasteiger partial charge on any atom is 0.492 e. The van der Waals surface area contributed by atoms with Gasteiger partial charge in [-0.15, -0.1) is 0 Å². The van der Waals surface area contributed by atoms with Crippen molar-refractivity contribution in [1.82, 2.24) is 4.90 Å². The Morgan fingerprint density at radius 3 is 2.06 bits per heavy atom. The average Bonchev–Trinajstić information content (AvgIpc) is 2.29. The number of rotatable bonds is 3. The van der Waals surface area contributed by atoms with Crippen molar-refractivity contribution in [2.24, 2.45) is 0 Å². The molecule has 0 radical (unpaired) electrons. The van der Waals surface area contributed by atoms with Gasteiger partial charge >= 0.3 is 6.98 Å². The van der Waals surface area contributed by atoms with Crippen LogP contribution in [0.25, 0.3) is 0 Å². The van der Waals surface area contributed by atoms with E-state index in [9.17, 15) is 12.9 Å². The molecule has 0 saturated carbocycles. The lowest BCUT2D eigenvalue weighted by Crippen LogP contribution is -2.50. The molecule has 0 atom stereocenters. The number of halogens is 4. The molecule has 100 valence electrons. The second kappa shape index (κ2) is 5.40. The molecule has 0 N–H and O–H groups in total. The van der Waals surface area contributed by atoms with Gasteiger partial charge in [-0.3, -0.25) is 0 Å². The molecule has 2 rings (SSSR count). The monoisotopic (exact) mass is 277 g/mol. The van der Waals surface area contributed by atoms with Crippen molar-refractivity contribution >= 4 is 24.3 Å².